The second-order valence-corrected chi connectivity index (χ2v) is 6.86. The Balaban J connectivity index is 2.35. The van der Waals surface area contributed by atoms with Crippen LogP contribution < -0.4 is 0 Å². The third-order valence-corrected chi connectivity index (χ3v) is 4.21. The average Bonchev–Trinajstić information content (AvgIpc) is 2.68. The van der Waals surface area contributed by atoms with Gasteiger partial charge in [-0.2, -0.15) is 0 Å². The summed E-state index contributed by atoms with van der Waals surface area (Å²) in [6, 6.07) is 9.14. The molecular weight excluding hydrogens is 412 g/mol. The fraction of sp³-hybridized carbons (Fsp3) is 0.524. The molecule has 1 aromatic carbocycles. The van der Waals surface area contributed by atoms with E-state index in [-0.39, 0.29) is 13.2 Å². The molecule has 10 heteroatoms. The first-order valence-electron chi connectivity index (χ1n) is 9.63. The molecule has 0 aromatic heterocycles. The highest BCUT2D eigenvalue weighted by molar-refractivity contribution is 5.68. The SMILES string of the molecule is CC(=O)OC[C@H]1OC(OCc2ccccc2)[C@@H](OC(C)=O)[C@@H](OC(C)=O)[C@@H]1OC(C)=O. The minimum Gasteiger partial charge on any atom is -0.463 e. The van der Waals surface area contributed by atoms with Gasteiger partial charge in [0, 0.05) is 27.7 Å². The van der Waals surface area contributed by atoms with Crippen LogP contribution in [0, 0.1) is 0 Å². The maximum atomic E-state index is 11.8. The fourth-order valence-corrected chi connectivity index (χ4v) is 3.08. The summed E-state index contributed by atoms with van der Waals surface area (Å²) in [6.07, 6.45) is -5.92. The lowest BCUT2D eigenvalue weighted by Gasteiger charge is -2.44. The number of esters is 4. The van der Waals surface area contributed by atoms with Gasteiger partial charge in [0.15, 0.2) is 24.6 Å². The van der Waals surface area contributed by atoms with E-state index in [0.717, 1.165) is 19.4 Å². The molecular formula is C21H26O10. The Morgan fingerprint density at radius 1 is 0.774 bits per heavy atom. The molecule has 1 unspecified atom stereocenters. The van der Waals surface area contributed by atoms with E-state index in [0.29, 0.717) is 0 Å². The van der Waals surface area contributed by atoms with Crippen molar-refractivity contribution >= 4 is 23.9 Å². The Labute approximate surface area is 179 Å². The van der Waals surface area contributed by atoms with E-state index < -0.39 is 54.6 Å². The zero-order chi connectivity index (χ0) is 23.0. The minimum absolute atomic E-state index is 0.0918. The summed E-state index contributed by atoms with van der Waals surface area (Å²) in [5.41, 5.74) is 0.815. The topological polar surface area (TPSA) is 124 Å². The smallest absolute Gasteiger partial charge is 0.303 e. The molecule has 0 spiro atoms. The molecule has 1 aromatic rings. The van der Waals surface area contributed by atoms with Crippen molar-refractivity contribution in [3.05, 3.63) is 35.9 Å². The summed E-state index contributed by atoms with van der Waals surface area (Å²) in [7, 11) is 0. The van der Waals surface area contributed by atoms with Crippen molar-refractivity contribution in [1.29, 1.82) is 0 Å². The van der Waals surface area contributed by atoms with Gasteiger partial charge in [0.25, 0.3) is 0 Å². The highest BCUT2D eigenvalue weighted by Gasteiger charge is 2.52. The summed E-state index contributed by atoms with van der Waals surface area (Å²) in [5, 5.41) is 0. The van der Waals surface area contributed by atoms with Crippen LogP contribution in [-0.2, 0) is 54.2 Å². The van der Waals surface area contributed by atoms with Crippen molar-refractivity contribution in [2.24, 2.45) is 0 Å². The van der Waals surface area contributed by atoms with Crippen LogP contribution >= 0.6 is 0 Å². The monoisotopic (exact) mass is 438 g/mol. The van der Waals surface area contributed by atoms with Crippen LogP contribution in [0.15, 0.2) is 30.3 Å². The quantitative estimate of drug-likeness (QED) is 0.433. The summed E-state index contributed by atoms with van der Waals surface area (Å²) < 4.78 is 32.6. The lowest BCUT2D eigenvalue weighted by molar-refractivity contribution is -0.310. The molecule has 2 rings (SSSR count). The second kappa shape index (κ2) is 11.4. The van der Waals surface area contributed by atoms with Crippen molar-refractivity contribution in [3.8, 4) is 0 Å². The molecule has 1 saturated heterocycles. The average molecular weight is 438 g/mol. The van der Waals surface area contributed by atoms with Gasteiger partial charge in [-0.25, -0.2) is 0 Å². The number of benzene rings is 1. The molecule has 0 N–H and O–H groups in total. The minimum atomic E-state index is -1.25. The zero-order valence-corrected chi connectivity index (χ0v) is 17.8. The van der Waals surface area contributed by atoms with Crippen LogP contribution in [0.1, 0.15) is 33.3 Å². The van der Waals surface area contributed by atoms with Crippen molar-refractivity contribution in [1.82, 2.24) is 0 Å². The molecule has 0 bridgehead atoms. The lowest BCUT2D eigenvalue weighted by Crippen LogP contribution is -2.62. The predicted molar refractivity (Wildman–Crippen MR) is 103 cm³/mol. The lowest BCUT2D eigenvalue weighted by atomic mass is 9.98. The van der Waals surface area contributed by atoms with Gasteiger partial charge in [0.2, 0.25) is 0 Å². The third-order valence-electron chi connectivity index (χ3n) is 4.21. The van der Waals surface area contributed by atoms with Gasteiger partial charge in [-0.3, -0.25) is 19.2 Å². The summed E-state index contributed by atoms with van der Waals surface area (Å²) in [5.74, 6) is -2.66. The Morgan fingerprint density at radius 2 is 1.32 bits per heavy atom. The molecule has 170 valence electrons. The Hall–Kier alpha value is -2.98. The molecule has 0 aliphatic carbocycles. The maximum Gasteiger partial charge on any atom is 0.303 e. The highest BCUT2D eigenvalue weighted by atomic mass is 16.7. The number of carbonyl (C=O) groups is 4. The van der Waals surface area contributed by atoms with E-state index in [1.54, 1.807) is 0 Å². The van der Waals surface area contributed by atoms with Crippen LogP contribution in [0.5, 0.6) is 0 Å². The molecule has 5 atom stereocenters. The largest absolute Gasteiger partial charge is 0.463 e. The third kappa shape index (κ3) is 7.65. The summed E-state index contributed by atoms with van der Waals surface area (Å²) >= 11 is 0. The number of rotatable bonds is 8. The summed E-state index contributed by atoms with van der Waals surface area (Å²) in [4.78, 5) is 46.5. The molecule has 1 aliphatic rings. The van der Waals surface area contributed by atoms with Gasteiger partial charge in [0.1, 0.15) is 12.7 Å². The molecule has 1 heterocycles. The Kier molecular flexibility index (Phi) is 8.95. The normalized spacial score (nSPS) is 25.2. The van der Waals surface area contributed by atoms with Crippen molar-refractivity contribution in [2.45, 2.75) is 65.0 Å². The standard InChI is InChI=1S/C21H26O10/c1-12(22)26-11-17-18(28-13(2)23)19(29-14(3)24)20(30-15(4)25)21(31-17)27-10-16-8-6-5-7-9-16/h5-9,17-21H,10-11H2,1-4H3/t17-,18-,19+,20+,21?/m1/s1. The first-order chi connectivity index (χ1) is 14.7. The Morgan fingerprint density at radius 3 is 1.87 bits per heavy atom. The molecule has 10 nitrogen and oxygen atoms in total. The van der Waals surface area contributed by atoms with Crippen molar-refractivity contribution in [3.63, 3.8) is 0 Å². The van der Waals surface area contributed by atoms with E-state index in [9.17, 15) is 19.2 Å². The van der Waals surface area contributed by atoms with Crippen LogP contribution in [0.3, 0.4) is 0 Å². The predicted octanol–water partition coefficient (Wildman–Crippen LogP) is 1.29. The van der Waals surface area contributed by atoms with Gasteiger partial charge < -0.3 is 28.4 Å². The van der Waals surface area contributed by atoms with Crippen molar-refractivity contribution in [2.75, 3.05) is 6.61 Å². The second-order valence-electron chi connectivity index (χ2n) is 6.86. The van der Waals surface area contributed by atoms with Gasteiger partial charge in [0.05, 0.1) is 6.61 Å². The molecule has 0 amide bonds. The molecule has 0 saturated carbocycles. The number of carbonyl (C=O) groups excluding carboxylic acids is 4. The van der Waals surface area contributed by atoms with Gasteiger partial charge in [-0.15, -0.1) is 0 Å². The fourth-order valence-electron chi connectivity index (χ4n) is 3.08. The number of ether oxygens (including phenoxy) is 6. The Bertz CT molecular complexity index is 778. The van der Waals surface area contributed by atoms with E-state index >= 15 is 0 Å². The summed E-state index contributed by atoms with van der Waals surface area (Å²) in [6.45, 7) is 4.49. The van der Waals surface area contributed by atoms with Crippen LogP contribution in [0.2, 0.25) is 0 Å². The highest BCUT2D eigenvalue weighted by Crippen LogP contribution is 2.30. The first kappa shape index (κ1) is 24.3. The van der Waals surface area contributed by atoms with Crippen LogP contribution in [0.4, 0.5) is 0 Å². The van der Waals surface area contributed by atoms with Crippen LogP contribution in [0.25, 0.3) is 0 Å². The van der Waals surface area contributed by atoms with Gasteiger partial charge >= 0.3 is 23.9 Å². The van der Waals surface area contributed by atoms with E-state index in [1.165, 1.54) is 13.8 Å². The van der Waals surface area contributed by atoms with Crippen LogP contribution in [-0.4, -0.2) is 61.2 Å². The van der Waals surface area contributed by atoms with Gasteiger partial charge in [-0.05, 0) is 5.56 Å². The number of hydrogen-bond donors (Lipinski definition) is 0. The van der Waals surface area contributed by atoms with E-state index in [1.807, 2.05) is 30.3 Å². The van der Waals surface area contributed by atoms with Gasteiger partial charge in [-0.1, -0.05) is 30.3 Å². The zero-order valence-electron chi connectivity index (χ0n) is 17.8. The van der Waals surface area contributed by atoms with E-state index in [4.69, 9.17) is 28.4 Å². The maximum absolute atomic E-state index is 11.8. The van der Waals surface area contributed by atoms with Crippen molar-refractivity contribution < 1.29 is 47.6 Å². The molecule has 31 heavy (non-hydrogen) atoms. The molecule has 1 fully saturated rings. The first-order valence-corrected chi connectivity index (χ1v) is 9.63. The molecule has 1 aliphatic heterocycles. The molecule has 0 radical (unpaired) electrons. The van der Waals surface area contributed by atoms with E-state index in [2.05, 4.69) is 0 Å². The number of hydrogen-bond acceptors (Lipinski definition) is 10.